The predicted octanol–water partition coefficient (Wildman–Crippen LogP) is -0.0953. The third-order valence-electron chi connectivity index (χ3n) is 2.61. The van der Waals surface area contributed by atoms with E-state index in [1.807, 2.05) is 0 Å². The molecule has 0 saturated carbocycles. The number of halogens is 1. The van der Waals surface area contributed by atoms with Gasteiger partial charge in [-0.1, -0.05) is 0 Å². The SMILES string of the molecule is NCC(=O)N1CCS(=O)(=O)c2cc(F)ccc21. The van der Waals surface area contributed by atoms with Gasteiger partial charge in [0.05, 0.1) is 22.9 Å². The zero-order valence-electron chi connectivity index (χ0n) is 8.89. The molecule has 1 heterocycles. The maximum Gasteiger partial charge on any atom is 0.240 e. The second kappa shape index (κ2) is 4.08. The molecule has 1 amide bonds. The summed E-state index contributed by atoms with van der Waals surface area (Å²) >= 11 is 0. The van der Waals surface area contributed by atoms with Gasteiger partial charge in [0, 0.05) is 6.54 Å². The topological polar surface area (TPSA) is 80.5 Å². The first-order chi connectivity index (χ1) is 7.95. The normalized spacial score (nSPS) is 17.6. The highest BCUT2D eigenvalue weighted by Gasteiger charge is 2.31. The first-order valence-electron chi connectivity index (χ1n) is 4.98. The van der Waals surface area contributed by atoms with Crippen molar-refractivity contribution >= 4 is 21.4 Å². The van der Waals surface area contributed by atoms with Gasteiger partial charge in [0.2, 0.25) is 5.91 Å². The lowest BCUT2D eigenvalue weighted by Crippen LogP contribution is -2.42. The van der Waals surface area contributed by atoms with E-state index in [0.717, 1.165) is 12.1 Å². The van der Waals surface area contributed by atoms with E-state index in [1.54, 1.807) is 0 Å². The number of sulfone groups is 1. The van der Waals surface area contributed by atoms with Gasteiger partial charge in [-0.15, -0.1) is 0 Å². The van der Waals surface area contributed by atoms with Crippen LogP contribution in [-0.2, 0) is 14.6 Å². The van der Waals surface area contributed by atoms with Crippen molar-refractivity contribution in [3.8, 4) is 0 Å². The quantitative estimate of drug-likeness (QED) is 0.763. The molecule has 0 spiro atoms. The molecule has 0 aliphatic carbocycles. The van der Waals surface area contributed by atoms with Crippen molar-refractivity contribution in [1.29, 1.82) is 0 Å². The molecule has 0 aromatic heterocycles. The summed E-state index contributed by atoms with van der Waals surface area (Å²) in [6.07, 6.45) is 0. The molecule has 0 atom stereocenters. The fourth-order valence-electron chi connectivity index (χ4n) is 1.77. The van der Waals surface area contributed by atoms with Gasteiger partial charge in [-0.25, -0.2) is 12.8 Å². The third kappa shape index (κ3) is 2.03. The summed E-state index contributed by atoms with van der Waals surface area (Å²) < 4.78 is 36.5. The van der Waals surface area contributed by atoms with Gasteiger partial charge in [0.15, 0.2) is 9.84 Å². The number of fused-ring (bicyclic) bond motifs is 1. The van der Waals surface area contributed by atoms with Crippen LogP contribution in [0.1, 0.15) is 0 Å². The number of hydrogen-bond donors (Lipinski definition) is 1. The average Bonchev–Trinajstić information content (AvgIpc) is 2.29. The van der Waals surface area contributed by atoms with Crippen LogP contribution in [0.5, 0.6) is 0 Å². The number of nitrogens with two attached hydrogens (primary N) is 1. The minimum atomic E-state index is -3.51. The van der Waals surface area contributed by atoms with E-state index in [9.17, 15) is 17.6 Å². The average molecular weight is 258 g/mol. The Morgan fingerprint density at radius 2 is 2.18 bits per heavy atom. The number of carbonyl (C=O) groups is 1. The van der Waals surface area contributed by atoms with E-state index in [4.69, 9.17) is 5.73 Å². The van der Waals surface area contributed by atoms with Crippen molar-refractivity contribution in [3.63, 3.8) is 0 Å². The molecule has 5 nitrogen and oxygen atoms in total. The maximum atomic E-state index is 13.1. The Labute approximate surface area is 97.9 Å². The van der Waals surface area contributed by atoms with Crippen molar-refractivity contribution < 1.29 is 17.6 Å². The third-order valence-corrected chi connectivity index (χ3v) is 4.32. The van der Waals surface area contributed by atoms with Gasteiger partial charge in [-0.05, 0) is 18.2 Å². The molecule has 0 bridgehead atoms. The number of amides is 1. The van der Waals surface area contributed by atoms with Crippen LogP contribution in [0.25, 0.3) is 0 Å². The van der Waals surface area contributed by atoms with Crippen LogP contribution in [-0.4, -0.2) is 33.2 Å². The van der Waals surface area contributed by atoms with Gasteiger partial charge in [0.25, 0.3) is 0 Å². The fraction of sp³-hybridized carbons (Fsp3) is 0.300. The highest BCUT2D eigenvalue weighted by atomic mass is 32.2. The van der Waals surface area contributed by atoms with Gasteiger partial charge >= 0.3 is 0 Å². The minimum absolute atomic E-state index is 0.0526. The summed E-state index contributed by atoms with van der Waals surface area (Å²) in [7, 11) is -3.51. The van der Waals surface area contributed by atoms with E-state index < -0.39 is 15.7 Å². The van der Waals surface area contributed by atoms with Crippen LogP contribution in [0.4, 0.5) is 10.1 Å². The zero-order valence-corrected chi connectivity index (χ0v) is 9.71. The molecule has 1 aliphatic rings. The summed E-state index contributed by atoms with van der Waals surface area (Å²) in [6.45, 7) is -0.159. The van der Waals surface area contributed by atoms with Gasteiger partial charge in [0.1, 0.15) is 5.82 Å². The van der Waals surface area contributed by atoms with E-state index in [2.05, 4.69) is 0 Å². The summed E-state index contributed by atoms with van der Waals surface area (Å²) in [5.41, 5.74) is 5.44. The Morgan fingerprint density at radius 1 is 1.47 bits per heavy atom. The van der Waals surface area contributed by atoms with Crippen LogP contribution in [0.15, 0.2) is 23.1 Å². The molecule has 17 heavy (non-hydrogen) atoms. The summed E-state index contributed by atoms with van der Waals surface area (Å²) in [4.78, 5) is 12.7. The number of nitrogens with zero attached hydrogens (tertiary/aromatic N) is 1. The van der Waals surface area contributed by atoms with Crippen LogP contribution < -0.4 is 10.6 Å². The first-order valence-corrected chi connectivity index (χ1v) is 6.63. The Bertz CT molecular complexity index is 571. The lowest BCUT2D eigenvalue weighted by atomic mass is 10.2. The van der Waals surface area contributed by atoms with Crippen molar-refractivity contribution in [1.82, 2.24) is 0 Å². The van der Waals surface area contributed by atoms with Crippen molar-refractivity contribution in [2.45, 2.75) is 4.90 Å². The zero-order chi connectivity index (χ0) is 12.6. The largest absolute Gasteiger partial charge is 0.322 e. The van der Waals surface area contributed by atoms with Crippen LogP contribution in [0.2, 0.25) is 0 Å². The molecule has 2 rings (SSSR count). The number of rotatable bonds is 1. The van der Waals surface area contributed by atoms with E-state index in [-0.39, 0.29) is 35.3 Å². The standard InChI is InChI=1S/C10H11FN2O3S/c11-7-1-2-8-9(5-7)17(15,16)4-3-13(8)10(14)6-12/h1-2,5H,3-4,6,12H2. The molecule has 7 heteroatoms. The summed E-state index contributed by atoms with van der Waals surface area (Å²) in [5, 5.41) is 0. The van der Waals surface area contributed by atoms with Gasteiger partial charge in [-0.3, -0.25) is 4.79 Å². The molecule has 2 N–H and O–H groups in total. The van der Waals surface area contributed by atoms with Crippen molar-refractivity contribution in [3.05, 3.63) is 24.0 Å². The minimum Gasteiger partial charge on any atom is -0.322 e. The Kier molecular flexibility index (Phi) is 2.88. The second-order valence-corrected chi connectivity index (χ2v) is 5.76. The highest BCUT2D eigenvalue weighted by Crippen LogP contribution is 2.30. The fourth-order valence-corrected chi connectivity index (χ4v) is 3.20. The molecule has 0 unspecified atom stereocenters. The van der Waals surface area contributed by atoms with E-state index in [0.29, 0.717) is 0 Å². The molecular formula is C10H11FN2O3S. The molecule has 92 valence electrons. The van der Waals surface area contributed by atoms with E-state index >= 15 is 0 Å². The Morgan fingerprint density at radius 3 is 2.82 bits per heavy atom. The molecule has 1 aliphatic heterocycles. The molecular weight excluding hydrogens is 247 g/mol. The Balaban J connectivity index is 2.60. The number of carbonyl (C=O) groups excluding carboxylic acids is 1. The van der Waals surface area contributed by atoms with Crippen LogP contribution >= 0.6 is 0 Å². The number of hydrogen-bond acceptors (Lipinski definition) is 4. The Hall–Kier alpha value is -1.47. The monoisotopic (exact) mass is 258 g/mol. The maximum absolute atomic E-state index is 13.1. The molecule has 0 fully saturated rings. The lowest BCUT2D eigenvalue weighted by molar-refractivity contribution is -0.117. The van der Waals surface area contributed by atoms with Gasteiger partial charge < -0.3 is 10.6 Å². The van der Waals surface area contributed by atoms with Crippen molar-refractivity contribution in [2.75, 3.05) is 23.7 Å². The van der Waals surface area contributed by atoms with E-state index in [1.165, 1.54) is 11.0 Å². The smallest absolute Gasteiger partial charge is 0.240 e. The first kappa shape index (κ1) is 12.0. The number of anilines is 1. The number of benzene rings is 1. The molecule has 0 saturated heterocycles. The van der Waals surface area contributed by atoms with Crippen LogP contribution in [0, 0.1) is 5.82 Å². The predicted molar refractivity (Wildman–Crippen MR) is 59.9 cm³/mol. The molecule has 1 aromatic carbocycles. The van der Waals surface area contributed by atoms with Gasteiger partial charge in [-0.2, -0.15) is 0 Å². The summed E-state index contributed by atoms with van der Waals surface area (Å²) in [6, 6.07) is 3.34. The second-order valence-electron chi connectivity index (χ2n) is 3.68. The molecule has 0 radical (unpaired) electrons. The molecule has 1 aromatic rings. The van der Waals surface area contributed by atoms with Crippen molar-refractivity contribution in [2.24, 2.45) is 5.73 Å². The highest BCUT2D eigenvalue weighted by molar-refractivity contribution is 7.91. The van der Waals surface area contributed by atoms with Crippen LogP contribution in [0.3, 0.4) is 0 Å². The summed E-state index contributed by atoms with van der Waals surface area (Å²) in [5.74, 6) is -1.24. The lowest BCUT2D eigenvalue weighted by Gasteiger charge is -2.28.